The van der Waals surface area contributed by atoms with E-state index in [0.29, 0.717) is 22.8 Å². The Balaban J connectivity index is 2.21. The summed E-state index contributed by atoms with van der Waals surface area (Å²) in [4.78, 5) is 8.71. The fraction of sp³-hybridized carbons (Fsp3) is 0.375. The van der Waals surface area contributed by atoms with Crippen LogP contribution in [0.5, 0.6) is 11.6 Å². The zero-order chi connectivity index (χ0) is 16.1. The summed E-state index contributed by atoms with van der Waals surface area (Å²) in [5.41, 5.74) is 1.88. The van der Waals surface area contributed by atoms with Gasteiger partial charge in [-0.3, -0.25) is 0 Å². The van der Waals surface area contributed by atoms with E-state index >= 15 is 0 Å². The molecule has 0 spiro atoms. The second-order valence-electron chi connectivity index (χ2n) is 5.01. The molecule has 118 valence electrons. The van der Waals surface area contributed by atoms with Gasteiger partial charge in [0.05, 0.1) is 12.7 Å². The van der Waals surface area contributed by atoms with E-state index < -0.39 is 0 Å². The molecule has 1 heterocycles. The molecule has 0 aliphatic heterocycles. The molecule has 0 aliphatic rings. The fourth-order valence-electron chi connectivity index (χ4n) is 1.96. The lowest BCUT2D eigenvalue weighted by Crippen LogP contribution is -2.05. The molecule has 1 aromatic heterocycles. The minimum absolute atomic E-state index is 0.189. The summed E-state index contributed by atoms with van der Waals surface area (Å²) in [5.74, 6) is 1.56. The summed E-state index contributed by atoms with van der Waals surface area (Å²) in [6, 6.07) is 7.74. The van der Waals surface area contributed by atoms with E-state index in [0.717, 1.165) is 16.9 Å². The van der Waals surface area contributed by atoms with Gasteiger partial charge in [-0.15, -0.1) is 0 Å². The third kappa shape index (κ3) is 4.05. The van der Waals surface area contributed by atoms with Gasteiger partial charge in [0.15, 0.2) is 5.16 Å². The Labute approximate surface area is 140 Å². The normalized spacial score (nSPS) is 10.8. The minimum atomic E-state index is 0.189. The van der Waals surface area contributed by atoms with Crippen LogP contribution in [-0.2, 0) is 6.61 Å². The zero-order valence-electron chi connectivity index (χ0n) is 13.1. The van der Waals surface area contributed by atoms with Crippen LogP contribution >= 0.6 is 23.4 Å². The van der Waals surface area contributed by atoms with Crippen LogP contribution in [0.15, 0.2) is 29.4 Å². The van der Waals surface area contributed by atoms with Gasteiger partial charge < -0.3 is 9.47 Å². The summed E-state index contributed by atoms with van der Waals surface area (Å²) < 4.78 is 11.0. The van der Waals surface area contributed by atoms with Crippen molar-refractivity contribution in [2.75, 3.05) is 13.4 Å². The van der Waals surface area contributed by atoms with E-state index in [1.807, 2.05) is 44.4 Å². The van der Waals surface area contributed by atoms with Crippen molar-refractivity contribution in [2.24, 2.45) is 0 Å². The number of aromatic nitrogens is 2. The molecule has 0 fully saturated rings. The molecule has 0 atom stereocenters. The van der Waals surface area contributed by atoms with Gasteiger partial charge in [0.1, 0.15) is 17.5 Å². The van der Waals surface area contributed by atoms with E-state index in [2.05, 4.69) is 9.97 Å². The van der Waals surface area contributed by atoms with Crippen molar-refractivity contribution < 1.29 is 9.47 Å². The Bertz CT molecular complexity index is 633. The lowest BCUT2D eigenvalue weighted by atomic mass is 10.1. The molecular weight excluding hydrogens is 320 g/mol. The summed E-state index contributed by atoms with van der Waals surface area (Å²) in [6.45, 7) is 4.51. The Morgan fingerprint density at radius 1 is 1.18 bits per heavy atom. The molecule has 0 saturated carbocycles. The van der Waals surface area contributed by atoms with Crippen LogP contribution in [0.25, 0.3) is 0 Å². The first kappa shape index (κ1) is 16.9. The fourth-order valence-corrected chi connectivity index (χ4v) is 2.75. The molecule has 0 unspecified atom stereocenters. The number of hydrogen-bond donors (Lipinski definition) is 0. The average Bonchev–Trinajstić information content (AvgIpc) is 2.52. The molecule has 0 amide bonds. The van der Waals surface area contributed by atoms with Crippen molar-refractivity contribution in [2.45, 2.75) is 31.5 Å². The number of halogens is 1. The third-order valence-electron chi connectivity index (χ3n) is 3.14. The number of hydrogen-bond acceptors (Lipinski definition) is 5. The standard InChI is InChI=1S/C16H19ClN2O2S/c1-10(2)13-14(17)18-16(22-4)19-15(13)21-9-11-5-7-12(20-3)8-6-11/h5-8,10H,9H2,1-4H3. The SMILES string of the molecule is COc1ccc(COc2nc(SC)nc(Cl)c2C(C)C)cc1. The second-order valence-corrected chi connectivity index (χ2v) is 6.14. The van der Waals surface area contributed by atoms with Crippen molar-refractivity contribution in [3.63, 3.8) is 0 Å². The van der Waals surface area contributed by atoms with E-state index in [9.17, 15) is 0 Å². The van der Waals surface area contributed by atoms with Gasteiger partial charge in [-0.2, -0.15) is 4.98 Å². The van der Waals surface area contributed by atoms with Gasteiger partial charge in [-0.25, -0.2) is 4.98 Å². The van der Waals surface area contributed by atoms with Gasteiger partial charge >= 0.3 is 0 Å². The largest absolute Gasteiger partial charge is 0.497 e. The van der Waals surface area contributed by atoms with Gasteiger partial charge in [-0.1, -0.05) is 49.3 Å². The molecule has 2 aromatic rings. The summed E-state index contributed by atoms with van der Waals surface area (Å²) in [6.07, 6.45) is 1.91. The highest BCUT2D eigenvalue weighted by Gasteiger charge is 2.17. The second kappa shape index (κ2) is 7.70. The first-order valence-corrected chi connectivity index (χ1v) is 8.52. The van der Waals surface area contributed by atoms with Crippen molar-refractivity contribution in [3.05, 3.63) is 40.5 Å². The topological polar surface area (TPSA) is 44.2 Å². The van der Waals surface area contributed by atoms with Crippen molar-refractivity contribution in [3.8, 4) is 11.6 Å². The van der Waals surface area contributed by atoms with E-state index in [1.165, 1.54) is 11.8 Å². The smallest absolute Gasteiger partial charge is 0.222 e. The Kier molecular flexibility index (Phi) is 5.91. The summed E-state index contributed by atoms with van der Waals surface area (Å²) in [7, 11) is 1.65. The molecule has 0 aliphatic carbocycles. The Morgan fingerprint density at radius 3 is 2.41 bits per heavy atom. The third-order valence-corrected chi connectivity index (χ3v) is 3.97. The number of benzene rings is 1. The molecule has 6 heteroatoms. The van der Waals surface area contributed by atoms with Crippen LogP contribution in [-0.4, -0.2) is 23.3 Å². The molecule has 0 N–H and O–H groups in total. The Hall–Kier alpha value is -1.46. The number of methoxy groups -OCH3 is 1. The van der Waals surface area contributed by atoms with Gasteiger partial charge in [0, 0.05) is 0 Å². The highest BCUT2D eigenvalue weighted by atomic mass is 35.5. The van der Waals surface area contributed by atoms with Crippen LogP contribution in [0.1, 0.15) is 30.9 Å². The maximum atomic E-state index is 6.27. The van der Waals surface area contributed by atoms with Crippen molar-refractivity contribution >= 4 is 23.4 Å². The lowest BCUT2D eigenvalue weighted by molar-refractivity contribution is 0.285. The number of rotatable bonds is 6. The van der Waals surface area contributed by atoms with Crippen molar-refractivity contribution in [1.82, 2.24) is 9.97 Å². The molecule has 4 nitrogen and oxygen atoms in total. The molecule has 0 bridgehead atoms. The highest BCUT2D eigenvalue weighted by Crippen LogP contribution is 2.32. The molecule has 1 aromatic carbocycles. The van der Waals surface area contributed by atoms with E-state index in [1.54, 1.807) is 7.11 Å². The molecule has 0 radical (unpaired) electrons. The van der Waals surface area contributed by atoms with Crippen LogP contribution < -0.4 is 9.47 Å². The lowest BCUT2D eigenvalue weighted by Gasteiger charge is -2.15. The zero-order valence-corrected chi connectivity index (χ0v) is 14.7. The number of thioether (sulfide) groups is 1. The van der Waals surface area contributed by atoms with Crippen molar-refractivity contribution in [1.29, 1.82) is 0 Å². The molecule has 0 saturated heterocycles. The summed E-state index contributed by atoms with van der Waals surface area (Å²) in [5, 5.41) is 1.07. The van der Waals surface area contributed by atoms with Gasteiger partial charge in [0.25, 0.3) is 0 Å². The minimum Gasteiger partial charge on any atom is -0.497 e. The van der Waals surface area contributed by atoms with Crippen LogP contribution in [0.4, 0.5) is 0 Å². The van der Waals surface area contributed by atoms with Gasteiger partial charge in [0.2, 0.25) is 5.88 Å². The Morgan fingerprint density at radius 2 is 1.86 bits per heavy atom. The molecule has 2 rings (SSSR count). The average molecular weight is 339 g/mol. The first-order valence-electron chi connectivity index (χ1n) is 6.92. The number of nitrogens with zero attached hydrogens (tertiary/aromatic N) is 2. The van der Waals surface area contributed by atoms with Gasteiger partial charge in [-0.05, 0) is 29.9 Å². The summed E-state index contributed by atoms with van der Waals surface area (Å²) >= 11 is 7.71. The van der Waals surface area contributed by atoms with Crippen LogP contribution in [0.3, 0.4) is 0 Å². The first-order chi connectivity index (χ1) is 10.5. The predicted molar refractivity (Wildman–Crippen MR) is 90.2 cm³/mol. The molecule has 22 heavy (non-hydrogen) atoms. The number of ether oxygens (including phenoxy) is 2. The predicted octanol–water partition coefficient (Wildman–Crippen LogP) is 4.56. The quantitative estimate of drug-likeness (QED) is 0.439. The maximum absolute atomic E-state index is 6.27. The highest BCUT2D eigenvalue weighted by molar-refractivity contribution is 7.98. The van der Waals surface area contributed by atoms with E-state index in [4.69, 9.17) is 21.1 Å². The maximum Gasteiger partial charge on any atom is 0.222 e. The van der Waals surface area contributed by atoms with Crippen LogP contribution in [0, 0.1) is 0 Å². The monoisotopic (exact) mass is 338 g/mol. The molecular formula is C16H19ClN2O2S. The van der Waals surface area contributed by atoms with E-state index in [-0.39, 0.29) is 5.92 Å². The van der Waals surface area contributed by atoms with Crippen LogP contribution in [0.2, 0.25) is 5.15 Å².